The summed E-state index contributed by atoms with van der Waals surface area (Å²) < 4.78 is 5.21. The number of nitrogens with zero attached hydrogens (tertiary/aromatic N) is 3. The van der Waals surface area contributed by atoms with Crippen LogP contribution in [-0.4, -0.2) is 44.6 Å². The smallest absolute Gasteiger partial charge is 0.550 e. The molecule has 0 unspecified atom stereocenters. The summed E-state index contributed by atoms with van der Waals surface area (Å²) in [6, 6.07) is 22.6. The number of carbonyl (C=O) groups is 3. The van der Waals surface area contributed by atoms with E-state index in [4.69, 9.17) is 34.6 Å². The van der Waals surface area contributed by atoms with E-state index in [9.17, 15) is 4.79 Å². The third kappa shape index (κ3) is 11.5. The summed E-state index contributed by atoms with van der Waals surface area (Å²) in [4.78, 5) is 42.0. The van der Waals surface area contributed by atoms with E-state index < -0.39 is 17.9 Å². The standard InChI is InChI=1S/C23H17N3O3.2C2H4O2.Zn/c27-23(28)15-29-18-9-7-16(8-10-18)17-13-21(19-5-1-3-11-24-19)26-22(14-17)20-6-2-4-12-25-20;2*1-2(3)4;/h1-14H,15H2,(H,27,28);2*1H3,(H,3,4);/q;;;+2/p-2. The van der Waals surface area contributed by atoms with Crippen molar-refractivity contribution in [1.29, 1.82) is 0 Å². The zero-order valence-electron chi connectivity index (χ0n) is 20.7. The first-order valence-corrected chi connectivity index (χ1v) is 10.8. The van der Waals surface area contributed by atoms with Crippen molar-refractivity contribution in [2.75, 3.05) is 6.61 Å². The van der Waals surface area contributed by atoms with E-state index in [0.717, 1.165) is 47.8 Å². The number of aliphatic carboxylic acids is 3. The van der Waals surface area contributed by atoms with Gasteiger partial charge in [-0.3, -0.25) is 9.97 Å². The van der Waals surface area contributed by atoms with Gasteiger partial charge in [0.2, 0.25) is 0 Å². The first-order valence-electron chi connectivity index (χ1n) is 10.8. The Labute approximate surface area is 231 Å². The van der Waals surface area contributed by atoms with Crippen LogP contribution in [0.1, 0.15) is 13.8 Å². The third-order valence-corrected chi connectivity index (χ3v) is 4.23. The Hall–Kier alpha value is -4.50. The number of hydrogen-bond donors (Lipinski definition) is 1. The van der Waals surface area contributed by atoms with Crippen molar-refractivity contribution in [2.24, 2.45) is 0 Å². The molecule has 3 heterocycles. The summed E-state index contributed by atoms with van der Waals surface area (Å²) in [5.41, 5.74) is 4.93. The molecule has 0 amide bonds. The summed E-state index contributed by atoms with van der Waals surface area (Å²) in [5.74, 6) is -2.68. The molecular formula is C27H23N3O7Zn. The normalized spacial score (nSPS) is 9.32. The Morgan fingerprint density at radius 3 is 1.55 bits per heavy atom. The summed E-state index contributed by atoms with van der Waals surface area (Å²) in [7, 11) is 0. The molecule has 4 aromatic rings. The van der Waals surface area contributed by atoms with E-state index in [1.807, 2.05) is 60.7 Å². The molecule has 0 bridgehead atoms. The molecule has 1 aromatic carbocycles. The molecule has 0 atom stereocenters. The van der Waals surface area contributed by atoms with Gasteiger partial charge in [0, 0.05) is 24.3 Å². The fourth-order valence-corrected chi connectivity index (χ4v) is 2.88. The molecule has 3 aromatic heterocycles. The monoisotopic (exact) mass is 565 g/mol. The van der Waals surface area contributed by atoms with Crippen molar-refractivity contribution < 1.29 is 53.9 Å². The van der Waals surface area contributed by atoms with E-state index in [1.54, 1.807) is 24.5 Å². The van der Waals surface area contributed by atoms with Crippen LogP contribution >= 0.6 is 0 Å². The number of carboxylic acids is 3. The van der Waals surface area contributed by atoms with Gasteiger partial charge in [0.05, 0.1) is 22.8 Å². The average molecular weight is 567 g/mol. The number of aromatic nitrogens is 3. The molecule has 0 saturated heterocycles. The van der Waals surface area contributed by atoms with Crippen LogP contribution in [0, 0.1) is 0 Å². The van der Waals surface area contributed by atoms with Gasteiger partial charge < -0.3 is 29.6 Å². The Balaban J connectivity index is 0.000000709. The SMILES string of the molecule is CC(=O)[O-].CC(=O)[O-].O=C(O)COc1ccc(-c2cc(-c3ccccn3)nc(-c3ccccn3)c2)cc1.[Zn+2]. The van der Waals surface area contributed by atoms with E-state index in [2.05, 4.69) is 9.97 Å². The summed E-state index contributed by atoms with van der Waals surface area (Å²) in [5, 5.41) is 26.5. The zero-order valence-corrected chi connectivity index (χ0v) is 23.7. The van der Waals surface area contributed by atoms with Gasteiger partial charge in [0.25, 0.3) is 0 Å². The maximum Gasteiger partial charge on any atom is 2.00 e. The molecule has 38 heavy (non-hydrogen) atoms. The van der Waals surface area contributed by atoms with Crippen molar-refractivity contribution in [2.45, 2.75) is 13.8 Å². The maximum atomic E-state index is 10.7. The second kappa shape index (κ2) is 16.3. The number of carboxylic acid groups (broad SMARTS) is 3. The Morgan fingerprint density at radius 1 is 0.737 bits per heavy atom. The number of benzene rings is 1. The fourth-order valence-electron chi connectivity index (χ4n) is 2.88. The second-order valence-corrected chi connectivity index (χ2v) is 7.25. The molecule has 0 aliphatic rings. The minimum absolute atomic E-state index is 0. The molecule has 0 aliphatic carbocycles. The Morgan fingerprint density at radius 2 is 1.18 bits per heavy atom. The molecule has 1 N–H and O–H groups in total. The molecule has 4 rings (SSSR count). The molecule has 0 saturated carbocycles. The van der Waals surface area contributed by atoms with Gasteiger partial charge in [-0.15, -0.1) is 0 Å². The number of hydrogen-bond acceptors (Lipinski definition) is 9. The molecule has 190 valence electrons. The minimum Gasteiger partial charge on any atom is -0.550 e. The van der Waals surface area contributed by atoms with Crippen LogP contribution in [0.25, 0.3) is 33.9 Å². The molecule has 0 aliphatic heterocycles. The largest absolute Gasteiger partial charge is 2.00 e. The van der Waals surface area contributed by atoms with Crippen LogP contribution in [0.5, 0.6) is 5.75 Å². The van der Waals surface area contributed by atoms with Gasteiger partial charge in [0.1, 0.15) is 5.75 Å². The van der Waals surface area contributed by atoms with E-state index >= 15 is 0 Å². The van der Waals surface area contributed by atoms with Crippen LogP contribution in [0.3, 0.4) is 0 Å². The summed E-state index contributed by atoms with van der Waals surface area (Å²) in [6.07, 6.45) is 3.47. The number of ether oxygens (including phenoxy) is 1. The predicted molar refractivity (Wildman–Crippen MR) is 131 cm³/mol. The van der Waals surface area contributed by atoms with Crippen molar-refractivity contribution in [3.8, 4) is 39.7 Å². The molecule has 0 spiro atoms. The molecule has 10 nitrogen and oxygen atoms in total. The first kappa shape index (κ1) is 31.5. The van der Waals surface area contributed by atoms with Crippen molar-refractivity contribution in [3.63, 3.8) is 0 Å². The van der Waals surface area contributed by atoms with Gasteiger partial charge >= 0.3 is 25.4 Å². The quantitative estimate of drug-likeness (QED) is 0.340. The zero-order chi connectivity index (χ0) is 27.2. The van der Waals surface area contributed by atoms with Gasteiger partial charge in [-0.05, 0) is 73.5 Å². The van der Waals surface area contributed by atoms with Crippen LogP contribution in [0.4, 0.5) is 0 Å². The number of rotatable bonds is 6. The van der Waals surface area contributed by atoms with E-state index in [-0.39, 0.29) is 26.1 Å². The number of pyridine rings is 3. The Bertz CT molecular complexity index is 1240. The average Bonchev–Trinajstić information content (AvgIpc) is 2.88. The van der Waals surface area contributed by atoms with E-state index in [1.165, 1.54) is 0 Å². The van der Waals surface area contributed by atoms with Crippen LogP contribution in [-0.2, 0) is 33.9 Å². The third-order valence-electron chi connectivity index (χ3n) is 4.23. The summed E-state index contributed by atoms with van der Waals surface area (Å²) >= 11 is 0. The molecular weight excluding hydrogens is 544 g/mol. The van der Waals surface area contributed by atoms with Crippen molar-refractivity contribution in [1.82, 2.24) is 15.0 Å². The first-order chi connectivity index (χ1) is 17.7. The van der Waals surface area contributed by atoms with Crippen molar-refractivity contribution >= 4 is 17.9 Å². The predicted octanol–water partition coefficient (Wildman–Crippen LogP) is 1.85. The molecule has 11 heteroatoms. The van der Waals surface area contributed by atoms with Crippen LogP contribution in [0.15, 0.2) is 85.2 Å². The molecule has 0 radical (unpaired) electrons. The van der Waals surface area contributed by atoms with Gasteiger partial charge in [0.15, 0.2) is 6.61 Å². The van der Waals surface area contributed by atoms with Crippen molar-refractivity contribution in [3.05, 3.63) is 85.2 Å². The number of carbonyl (C=O) groups excluding carboxylic acids is 2. The van der Waals surface area contributed by atoms with Gasteiger partial charge in [-0.2, -0.15) is 0 Å². The Kier molecular flexibility index (Phi) is 13.5. The van der Waals surface area contributed by atoms with Gasteiger partial charge in [-0.1, -0.05) is 24.3 Å². The van der Waals surface area contributed by atoms with Crippen LogP contribution in [0.2, 0.25) is 0 Å². The maximum absolute atomic E-state index is 10.7. The topological polar surface area (TPSA) is 165 Å². The van der Waals surface area contributed by atoms with E-state index in [0.29, 0.717) is 5.75 Å². The summed E-state index contributed by atoms with van der Waals surface area (Å²) in [6.45, 7) is 1.57. The van der Waals surface area contributed by atoms with Gasteiger partial charge in [-0.25, -0.2) is 9.78 Å². The fraction of sp³-hybridized carbons (Fsp3) is 0.111. The van der Waals surface area contributed by atoms with Crippen LogP contribution < -0.4 is 14.9 Å². The minimum atomic E-state index is -1.08. The second-order valence-electron chi connectivity index (χ2n) is 7.25. The molecule has 0 fully saturated rings.